The van der Waals surface area contributed by atoms with Crippen LogP contribution < -0.4 is 0 Å². The maximum Gasteiger partial charge on any atom is 0.0488 e. The van der Waals surface area contributed by atoms with E-state index in [4.69, 9.17) is 14.2 Å². The van der Waals surface area contributed by atoms with Crippen LogP contribution in [0.1, 0.15) is 154 Å². The van der Waals surface area contributed by atoms with Gasteiger partial charge in [0.05, 0.1) is 0 Å². The lowest BCUT2D eigenvalue weighted by atomic mass is 10.0. The fourth-order valence-corrected chi connectivity index (χ4v) is 3.54. The Morgan fingerprint density at radius 2 is 0.303 bits per heavy atom. The molecule has 198 valence electrons. The van der Waals surface area contributed by atoms with Gasteiger partial charge in [-0.15, -0.1) is 0 Å². The van der Waals surface area contributed by atoms with Gasteiger partial charge in [-0.1, -0.05) is 116 Å². The Hall–Kier alpha value is -0.120. The molecule has 0 unspecified atom stereocenters. The van der Waals surface area contributed by atoms with Crippen molar-refractivity contribution in [3.63, 3.8) is 0 Å². The van der Waals surface area contributed by atoms with Crippen LogP contribution in [0.5, 0.6) is 0 Å². The molecule has 3 nitrogen and oxygen atoms in total. The largest absolute Gasteiger partial charge is 0.381 e. The molecular formula is C30H60O3. The summed E-state index contributed by atoms with van der Waals surface area (Å²) in [6.07, 6.45) is 34.8. The number of hydrogen-bond acceptors (Lipinski definition) is 3. The second-order valence-corrected chi connectivity index (χ2v) is 10.3. The minimum Gasteiger partial charge on any atom is -0.381 e. The molecule has 0 amide bonds. The SMILES string of the molecule is C1CC1.C1CCC1.C1CCCC1.C1CCCCC1.C1CCOC1.C1CCOCC1.C1COC1. The molecule has 0 bridgehead atoms. The van der Waals surface area contributed by atoms with Gasteiger partial charge in [0.25, 0.3) is 0 Å². The van der Waals surface area contributed by atoms with Crippen LogP contribution in [-0.4, -0.2) is 39.6 Å². The van der Waals surface area contributed by atoms with Gasteiger partial charge in [-0.05, 0) is 38.5 Å². The molecule has 3 aliphatic heterocycles. The summed E-state index contributed by atoms with van der Waals surface area (Å²) in [5.74, 6) is 0. The molecule has 0 atom stereocenters. The highest BCUT2D eigenvalue weighted by atomic mass is 16.5. The Balaban J connectivity index is 0.000000194. The molecule has 0 N–H and O–H groups in total. The zero-order chi connectivity index (χ0) is 23.3. The van der Waals surface area contributed by atoms with Crippen molar-refractivity contribution in [3.05, 3.63) is 0 Å². The van der Waals surface area contributed by atoms with Crippen LogP contribution in [0.25, 0.3) is 0 Å². The third-order valence-corrected chi connectivity index (χ3v) is 6.59. The summed E-state index contributed by atoms with van der Waals surface area (Å²) in [4.78, 5) is 0. The first-order valence-corrected chi connectivity index (χ1v) is 15.2. The molecule has 7 fully saturated rings. The molecule has 3 heterocycles. The molecule has 4 aliphatic carbocycles. The maximum absolute atomic E-state index is 5.07. The van der Waals surface area contributed by atoms with Gasteiger partial charge in [0.2, 0.25) is 0 Å². The third kappa shape index (κ3) is 29.8. The van der Waals surface area contributed by atoms with Crippen molar-refractivity contribution < 1.29 is 14.2 Å². The molecule has 0 radical (unpaired) electrons. The summed E-state index contributed by atoms with van der Waals surface area (Å²) in [5.41, 5.74) is 0. The molecule has 0 aromatic carbocycles. The highest BCUT2D eigenvalue weighted by Gasteiger charge is 1.97. The van der Waals surface area contributed by atoms with E-state index < -0.39 is 0 Å². The average molecular weight is 469 g/mol. The van der Waals surface area contributed by atoms with Crippen molar-refractivity contribution in [2.75, 3.05) is 39.6 Å². The van der Waals surface area contributed by atoms with Gasteiger partial charge >= 0.3 is 0 Å². The van der Waals surface area contributed by atoms with Crippen molar-refractivity contribution in [1.82, 2.24) is 0 Å². The number of ether oxygens (including phenoxy) is 3. The molecule has 3 heteroatoms. The summed E-state index contributed by atoms with van der Waals surface area (Å²) in [6.45, 7) is 6.00. The Labute approximate surface area is 208 Å². The maximum atomic E-state index is 5.07. The Morgan fingerprint density at radius 3 is 0.394 bits per heavy atom. The van der Waals surface area contributed by atoms with Gasteiger partial charge in [0, 0.05) is 39.6 Å². The third-order valence-electron chi connectivity index (χ3n) is 6.59. The monoisotopic (exact) mass is 468 g/mol. The molecule has 3 saturated heterocycles. The molecule has 7 aliphatic rings. The predicted molar refractivity (Wildman–Crippen MR) is 143 cm³/mol. The van der Waals surface area contributed by atoms with E-state index >= 15 is 0 Å². The summed E-state index contributed by atoms with van der Waals surface area (Å²) >= 11 is 0. The zero-order valence-electron chi connectivity index (χ0n) is 22.4. The molecule has 7 rings (SSSR count). The van der Waals surface area contributed by atoms with Crippen molar-refractivity contribution in [2.45, 2.75) is 154 Å². The Bertz CT molecular complexity index is 242. The van der Waals surface area contributed by atoms with Crippen molar-refractivity contribution in [1.29, 1.82) is 0 Å². The minimum atomic E-state index is 1.00. The Morgan fingerprint density at radius 1 is 0.152 bits per heavy atom. The van der Waals surface area contributed by atoms with E-state index in [9.17, 15) is 0 Å². The lowest BCUT2D eigenvalue weighted by Gasteiger charge is -2.09. The first-order chi connectivity index (χ1) is 16.5. The van der Waals surface area contributed by atoms with Crippen LogP contribution in [0.15, 0.2) is 0 Å². The summed E-state index contributed by atoms with van der Waals surface area (Å²) in [7, 11) is 0. The lowest BCUT2D eigenvalue weighted by Crippen LogP contribution is -2.09. The smallest absolute Gasteiger partial charge is 0.0488 e. The minimum absolute atomic E-state index is 1.00. The lowest BCUT2D eigenvalue weighted by molar-refractivity contribution is 0.0367. The van der Waals surface area contributed by atoms with Crippen LogP contribution in [0, 0.1) is 0 Å². The van der Waals surface area contributed by atoms with Crippen molar-refractivity contribution >= 4 is 0 Å². The zero-order valence-corrected chi connectivity index (χ0v) is 22.4. The first-order valence-electron chi connectivity index (χ1n) is 15.2. The van der Waals surface area contributed by atoms with E-state index in [0.717, 1.165) is 39.6 Å². The van der Waals surface area contributed by atoms with Crippen LogP contribution in [0.4, 0.5) is 0 Å². The predicted octanol–water partition coefficient (Wildman–Crippen LogP) is 9.41. The van der Waals surface area contributed by atoms with Crippen molar-refractivity contribution in [3.8, 4) is 0 Å². The van der Waals surface area contributed by atoms with Crippen LogP contribution in [0.3, 0.4) is 0 Å². The molecule has 0 spiro atoms. The summed E-state index contributed by atoms with van der Waals surface area (Å²) in [6, 6.07) is 0. The number of hydrogen-bond donors (Lipinski definition) is 0. The molecule has 0 aromatic heterocycles. The van der Waals surface area contributed by atoms with E-state index in [0.29, 0.717) is 0 Å². The average Bonchev–Trinajstić information content (AvgIpc) is 3.32. The highest BCUT2D eigenvalue weighted by Crippen LogP contribution is 2.16. The van der Waals surface area contributed by atoms with Gasteiger partial charge in [-0.25, -0.2) is 0 Å². The second kappa shape index (κ2) is 28.1. The summed E-state index contributed by atoms with van der Waals surface area (Å²) in [5, 5.41) is 0. The second-order valence-electron chi connectivity index (χ2n) is 10.3. The van der Waals surface area contributed by atoms with Crippen LogP contribution in [0.2, 0.25) is 0 Å². The van der Waals surface area contributed by atoms with E-state index in [-0.39, 0.29) is 0 Å². The van der Waals surface area contributed by atoms with Gasteiger partial charge in [-0.3, -0.25) is 0 Å². The molecule has 4 saturated carbocycles. The van der Waals surface area contributed by atoms with Crippen LogP contribution >= 0.6 is 0 Å². The molecular weight excluding hydrogens is 408 g/mol. The number of rotatable bonds is 0. The van der Waals surface area contributed by atoms with Crippen molar-refractivity contribution in [2.24, 2.45) is 0 Å². The van der Waals surface area contributed by atoms with Gasteiger partial charge in [0.1, 0.15) is 0 Å². The Kier molecular flexibility index (Phi) is 26.3. The van der Waals surface area contributed by atoms with Gasteiger partial charge in [-0.2, -0.15) is 0 Å². The quantitative estimate of drug-likeness (QED) is 0.354. The normalized spacial score (nSPS) is 24.0. The first kappa shape index (κ1) is 30.9. The van der Waals surface area contributed by atoms with E-state index in [1.165, 1.54) is 154 Å². The van der Waals surface area contributed by atoms with E-state index in [1.54, 1.807) is 0 Å². The molecule has 33 heavy (non-hydrogen) atoms. The van der Waals surface area contributed by atoms with Crippen LogP contribution in [-0.2, 0) is 14.2 Å². The fraction of sp³-hybridized carbons (Fsp3) is 1.00. The fourth-order valence-electron chi connectivity index (χ4n) is 3.54. The highest BCUT2D eigenvalue weighted by molar-refractivity contribution is 4.52. The molecule has 0 aromatic rings. The topological polar surface area (TPSA) is 27.7 Å². The van der Waals surface area contributed by atoms with E-state index in [1.807, 2.05) is 0 Å². The van der Waals surface area contributed by atoms with E-state index in [2.05, 4.69) is 0 Å². The van der Waals surface area contributed by atoms with Gasteiger partial charge < -0.3 is 14.2 Å². The van der Waals surface area contributed by atoms with Gasteiger partial charge in [0.15, 0.2) is 0 Å². The summed E-state index contributed by atoms with van der Waals surface area (Å²) < 4.78 is 14.7. The standard InChI is InChI=1S/C6H12.C5H10O.C5H10.C4H8O.C4H8.C3H6O.C3H6/c2*1-2-4-6-5-3-1;2*1-2-4-5-3-1;2*1-2-4-3-1;1-2-3-1/h1-6H2;1-5H2;1-5H2;1-4H2;1-4H2;1-3H2;1-3H2.